The predicted octanol–water partition coefficient (Wildman–Crippen LogP) is 3.84. The third kappa shape index (κ3) is 5.79. The monoisotopic (exact) mass is 313 g/mol. The summed E-state index contributed by atoms with van der Waals surface area (Å²) >= 11 is 0. The minimum Gasteiger partial charge on any atom is -0.444 e. The maximum absolute atomic E-state index is 13.6. The molecule has 0 aromatic heterocycles. The van der Waals surface area contributed by atoms with E-state index in [9.17, 15) is 18.4 Å². The van der Waals surface area contributed by atoms with Crippen molar-refractivity contribution in [1.82, 2.24) is 5.32 Å². The summed E-state index contributed by atoms with van der Waals surface area (Å²) in [5.74, 6) is -2.03. The first-order chi connectivity index (χ1) is 10.1. The van der Waals surface area contributed by atoms with Crippen molar-refractivity contribution < 1.29 is 23.1 Å². The first-order valence-electron chi connectivity index (χ1n) is 7.10. The third-order valence-corrected chi connectivity index (χ3v) is 2.87. The van der Waals surface area contributed by atoms with Crippen molar-refractivity contribution in [2.45, 2.75) is 52.2 Å². The molecule has 0 aliphatic heterocycles. The highest BCUT2D eigenvalue weighted by atomic mass is 19.1. The van der Waals surface area contributed by atoms with E-state index in [4.69, 9.17) is 4.74 Å². The van der Waals surface area contributed by atoms with Crippen molar-refractivity contribution in [3.05, 3.63) is 35.4 Å². The molecule has 1 aromatic rings. The van der Waals surface area contributed by atoms with Crippen LogP contribution in [-0.2, 0) is 4.74 Å². The van der Waals surface area contributed by atoms with Gasteiger partial charge in [-0.2, -0.15) is 0 Å². The second kappa shape index (κ2) is 7.33. The second-order valence-electron chi connectivity index (χ2n) is 6.00. The average molecular weight is 313 g/mol. The second-order valence-corrected chi connectivity index (χ2v) is 6.00. The van der Waals surface area contributed by atoms with Crippen molar-refractivity contribution in [1.29, 1.82) is 0 Å². The molecular weight excluding hydrogens is 292 g/mol. The number of alkyl carbamates (subject to hydrolysis) is 1. The van der Waals surface area contributed by atoms with E-state index in [0.717, 1.165) is 18.2 Å². The SMILES string of the molecule is CCC(CC(=O)c1cc(F)ccc1F)NC(=O)OC(C)(C)C. The Hall–Kier alpha value is -1.98. The largest absolute Gasteiger partial charge is 0.444 e. The van der Waals surface area contributed by atoms with Gasteiger partial charge >= 0.3 is 6.09 Å². The predicted molar refractivity (Wildman–Crippen MR) is 78.8 cm³/mol. The normalized spacial score (nSPS) is 12.6. The summed E-state index contributed by atoms with van der Waals surface area (Å²) in [6.07, 6.45) is -0.315. The molecule has 1 aromatic carbocycles. The zero-order chi connectivity index (χ0) is 16.9. The Morgan fingerprint density at radius 1 is 1.27 bits per heavy atom. The molecule has 6 heteroatoms. The molecule has 0 heterocycles. The molecule has 22 heavy (non-hydrogen) atoms. The quantitative estimate of drug-likeness (QED) is 0.840. The van der Waals surface area contributed by atoms with Crippen LogP contribution >= 0.6 is 0 Å². The van der Waals surface area contributed by atoms with E-state index in [-0.39, 0.29) is 12.0 Å². The molecule has 0 aliphatic carbocycles. The van der Waals surface area contributed by atoms with Gasteiger partial charge in [0.05, 0.1) is 5.56 Å². The number of Topliss-reactive ketones (excluding diaryl/α,β-unsaturated/α-hetero) is 1. The van der Waals surface area contributed by atoms with E-state index in [1.54, 1.807) is 27.7 Å². The highest BCUT2D eigenvalue weighted by molar-refractivity contribution is 5.96. The molecule has 0 saturated heterocycles. The fourth-order valence-corrected chi connectivity index (χ4v) is 1.82. The lowest BCUT2D eigenvalue weighted by atomic mass is 10.0. The molecule has 1 unspecified atom stereocenters. The summed E-state index contributed by atoms with van der Waals surface area (Å²) < 4.78 is 31.8. The number of ether oxygens (including phenoxy) is 1. The Kier molecular flexibility index (Phi) is 6.02. The number of halogens is 2. The molecule has 0 aliphatic rings. The molecule has 1 atom stereocenters. The Bertz CT molecular complexity index is 553. The Balaban J connectivity index is 2.71. The molecule has 4 nitrogen and oxygen atoms in total. The van der Waals surface area contributed by atoms with Gasteiger partial charge in [0.2, 0.25) is 0 Å². The maximum atomic E-state index is 13.6. The highest BCUT2D eigenvalue weighted by Crippen LogP contribution is 2.14. The van der Waals surface area contributed by atoms with Crippen LogP contribution in [0.1, 0.15) is 50.9 Å². The molecule has 0 bridgehead atoms. The first kappa shape index (κ1) is 18.1. The van der Waals surface area contributed by atoms with Crippen LogP contribution in [0.2, 0.25) is 0 Å². The van der Waals surface area contributed by atoms with Gasteiger partial charge in [-0.25, -0.2) is 13.6 Å². The van der Waals surface area contributed by atoms with Crippen LogP contribution in [0.25, 0.3) is 0 Å². The summed E-state index contributed by atoms with van der Waals surface area (Å²) in [6, 6.07) is 2.20. The molecular formula is C16H21F2NO3. The molecule has 1 N–H and O–H groups in total. The highest BCUT2D eigenvalue weighted by Gasteiger charge is 2.22. The van der Waals surface area contributed by atoms with Gasteiger partial charge in [-0.1, -0.05) is 6.92 Å². The first-order valence-corrected chi connectivity index (χ1v) is 7.10. The zero-order valence-electron chi connectivity index (χ0n) is 13.2. The molecule has 0 saturated carbocycles. The fraction of sp³-hybridized carbons (Fsp3) is 0.500. The van der Waals surface area contributed by atoms with Gasteiger partial charge in [0.15, 0.2) is 5.78 Å². The minimum atomic E-state index is -0.779. The van der Waals surface area contributed by atoms with Crippen LogP contribution in [-0.4, -0.2) is 23.5 Å². The number of hydrogen-bond donors (Lipinski definition) is 1. The Morgan fingerprint density at radius 2 is 1.91 bits per heavy atom. The van der Waals surface area contributed by atoms with Crippen molar-refractivity contribution in [3.63, 3.8) is 0 Å². The van der Waals surface area contributed by atoms with Crippen molar-refractivity contribution >= 4 is 11.9 Å². The van der Waals surface area contributed by atoms with Crippen LogP contribution in [0.4, 0.5) is 13.6 Å². The third-order valence-electron chi connectivity index (χ3n) is 2.87. The van der Waals surface area contributed by atoms with Gasteiger partial charge in [0, 0.05) is 12.5 Å². The number of carbonyl (C=O) groups excluding carboxylic acids is 2. The van der Waals surface area contributed by atoms with E-state index >= 15 is 0 Å². The van der Waals surface area contributed by atoms with Crippen molar-refractivity contribution in [2.75, 3.05) is 0 Å². The van der Waals surface area contributed by atoms with Crippen LogP contribution in [0.15, 0.2) is 18.2 Å². The Labute approximate surface area is 128 Å². The number of benzene rings is 1. The molecule has 0 spiro atoms. The van der Waals surface area contributed by atoms with E-state index in [1.165, 1.54) is 0 Å². The minimum absolute atomic E-state index is 0.129. The smallest absolute Gasteiger partial charge is 0.407 e. The van der Waals surface area contributed by atoms with Gasteiger partial charge in [0.1, 0.15) is 17.2 Å². The summed E-state index contributed by atoms with van der Waals surface area (Å²) in [7, 11) is 0. The van der Waals surface area contributed by atoms with Crippen LogP contribution in [0.3, 0.4) is 0 Å². The fourth-order valence-electron chi connectivity index (χ4n) is 1.82. The Morgan fingerprint density at radius 3 is 2.45 bits per heavy atom. The van der Waals surface area contributed by atoms with Crippen LogP contribution in [0.5, 0.6) is 0 Å². The molecule has 1 amide bonds. The van der Waals surface area contributed by atoms with Gasteiger partial charge in [-0.15, -0.1) is 0 Å². The molecule has 0 fully saturated rings. The summed E-state index contributed by atoms with van der Waals surface area (Å²) in [4.78, 5) is 23.7. The number of ketones is 1. The zero-order valence-corrected chi connectivity index (χ0v) is 13.2. The molecule has 1 rings (SSSR count). The topological polar surface area (TPSA) is 55.4 Å². The van der Waals surface area contributed by atoms with Crippen molar-refractivity contribution in [3.8, 4) is 0 Å². The number of amides is 1. The molecule has 122 valence electrons. The van der Waals surface area contributed by atoms with E-state index < -0.39 is 35.2 Å². The summed E-state index contributed by atoms with van der Waals surface area (Å²) in [5, 5.41) is 2.56. The van der Waals surface area contributed by atoms with Crippen molar-refractivity contribution in [2.24, 2.45) is 0 Å². The van der Waals surface area contributed by atoms with Gasteiger partial charge < -0.3 is 10.1 Å². The standard InChI is InChI=1S/C16H21F2NO3/c1-5-11(19-15(21)22-16(2,3)4)9-14(20)12-8-10(17)6-7-13(12)18/h6-8,11H,5,9H2,1-4H3,(H,19,21). The lowest BCUT2D eigenvalue weighted by Crippen LogP contribution is -2.40. The van der Waals surface area contributed by atoms with E-state index in [0.29, 0.717) is 6.42 Å². The van der Waals surface area contributed by atoms with Gasteiger partial charge in [-0.05, 0) is 45.4 Å². The van der Waals surface area contributed by atoms with Gasteiger partial charge in [0.25, 0.3) is 0 Å². The van der Waals surface area contributed by atoms with Crippen LogP contribution in [0, 0.1) is 11.6 Å². The molecule has 0 radical (unpaired) electrons. The number of nitrogens with one attached hydrogen (secondary N) is 1. The average Bonchev–Trinajstić information content (AvgIpc) is 2.38. The number of carbonyl (C=O) groups is 2. The lowest BCUT2D eigenvalue weighted by molar-refractivity contribution is 0.0500. The van der Waals surface area contributed by atoms with Crippen LogP contribution < -0.4 is 5.32 Å². The number of hydrogen-bond acceptors (Lipinski definition) is 3. The van der Waals surface area contributed by atoms with Gasteiger partial charge in [-0.3, -0.25) is 4.79 Å². The summed E-state index contributed by atoms with van der Waals surface area (Å²) in [6.45, 7) is 6.94. The maximum Gasteiger partial charge on any atom is 0.407 e. The lowest BCUT2D eigenvalue weighted by Gasteiger charge is -2.22. The number of rotatable bonds is 5. The summed E-state index contributed by atoms with van der Waals surface area (Å²) in [5.41, 5.74) is -0.967. The van der Waals surface area contributed by atoms with E-state index in [1.807, 2.05) is 0 Å². The van der Waals surface area contributed by atoms with E-state index in [2.05, 4.69) is 5.32 Å².